The minimum atomic E-state index is -0.329. The first kappa shape index (κ1) is 12.3. The summed E-state index contributed by atoms with van der Waals surface area (Å²) in [5.74, 6) is 2.45. The van der Waals surface area contributed by atoms with Crippen LogP contribution in [0.3, 0.4) is 0 Å². The van der Waals surface area contributed by atoms with Crippen LogP contribution in [0.5, 0.6) is 0 Å². The molecule has 0 aliphatic carbocycles. The molecule has 88 valence electrons. The first-order valence-electron chi connectivity index (χ1n) is 5.70. The van der Waals surface area contributed by atoms with Crippen LogP contribution in [0, 0.1) is 0 Å². The fourth-order valence-corrected chi connectivity index (χ4v) is 4.95. The second kappa shape index (κ2) is 5.48. The van der Waals surface area contributed by atoms with Crippen LogP contribution < -0.4 is 0 Å². The van der Waals surface area contributed by atoms with Crippen LogP contribution in [0.1, 0.15) is 31.4 Å². The third-order valence-electron chi connectivity index (χ3n) is 2.85. The van der Waals surface area contributed by atoms with Gasteiger partial charge in [-0.05, 0) is 30.4 Å². The van der Waals surface area contributed by atoms with Crippen LogP contribution in [0.4, 0.5) is 0 Å². The summed E-state index contributed by atoms with van der Waals surface area (Å²) in [7, 11) is 0. The van der Waals surface area contributed by atoms with Crippen molar-refractivity contribution in [1.82, 2.24) is 0 Å². The molecule has 1 aromatic carbocycles. The van der Waals surface area contributed by atoms with E-state index in [1.54, 1.807) is 0 Å². The Balaban J connectivity index is 1.98. The molecule has 1 heterocycles. The van der Waals surface area contributed by atoms with Gasteiger partial charge in [0, 0.05) is 6.42 Å². The van der Waals surface area contributed by atoms with Crippen LogP contribution in [0.2, 0.25) is 0 Å². The van der Waals surface area contributed by atoms with E-state index in [4.69, 9.17) is 0 Å². The van der Waals surface area contributed by atoms with Gasteiger partial charge in [-0.25, -0.2) is 0 Å². The van der Waals surface area contributed by atoms with Gasteiger partial charge in [-0.2, -0.15) is 0 Å². The van der Waals surface area contributed by atoms with E-state index in [1.807, 2.05) is 53.9 Å². The number of hydrogen-bond acceptors (Lipinski definition) is 3. The largest absolute Gasteiger partial charge is 0.388 e. The van der Waals surface area contributed by atoms with E-state index in [0.29, 0.717) is 0 Å². The summed E-state index contributed by atoms with van der Waals surface area (Å²) in [5.41, 5.74) is 1.04. The van der Waals surface area contributed by atoms with Crippen LogP contribution in [0.15, 0.2) is 30.3 Å². The van der Waals surface area contributed by atoms with Gasteiger partial charge in [-0.15, -0.1) is 23.5 Å². The number of aliphatic hydroxyl groups is 1. The molecule has 1 saturated heterocycles. The number of hydrogen-bond donors (Lipinski definition) is 1. The molecule has 1 aliphatic heterocycles. The zero-order chi connectivity index (χ0) is 11.4. The van der Waals surface area contributed by atoms with Gasteiger partial charge in [-0.3, -0.25) is 0 Å². The lowest BCUT2D eigenvalue weighted by atomic mass is 10.1. The van der Waals surface area contributed by atoms with Crippen molar-refractivity contribution >= 4 is 23.5 Å². The summed E-state index contributed by atoms with van der Waals surface area (Å²) >= 11 is 3.98. The van der Waals surface area contributed by atoms with Gasteiger partial charge in [0.25, 0.3) is 0 Å². The Hall–Kier alpha value is -0.120. The van der Waals surface area contributed by atoms with Gasteiger partial charge < -0.3 is 5.11 Å². The first-order valence-corrected chi connectivity index (χ1v) is 7.68. The van der Waals surface area contributed by atoms with E-state index in [1.165, 1.54) is 17.9 Å². The number of benzene rings is 1. The molecule has 1 N–H and O–H groups in total. The minimum Gasteiger partial charge on any atom is -0.388 e. The standard InChI is InChI=1S/C13H18OS2/c1-13(15-8-5-9-16-13)10-12(14)11-6-3-2-4-7-11/h2-4,6-7,12,14H,5,8-10H2,1H3. The van der Waals surface area contributed by atoms with Crippen molar-refractivity contribution in [3.63, 3.8) is 0 Å². The van der Waals surface area contributed by atoms with Gasteiger partial charge in [0.05, 0.1) is 10.2 Å². The van der Waals surface area contributed by atoms with Crippen molar-refractivity contribution in [3.8, 4) is 0 Å². The van der Waals surface area contributed by atoms with E-state index >= 15 is 0 Å². The maximum absolute atomic E-state index is 10.2. The molecule has 16 heavy (non-hydrogen) atoms. The maximum Gasteiger partial charge on any atom is 0.0811 e. The highest BCUT2D eigenvalue weighted by Crippen LogP contribution is 2.46. The highest BCUT2D eigenvalue weighted by Gasteiger charge is 2.31. The number of rotatable bonds is 3. The highest BCUT2D eigenvalue weighted by molar-refractivity contribution is 8.18. The van der Waals surface area contributed by atoms with Crippen LogP contribution >= 0.6 is 23.5 Å². The second-order valence-corrected chi connectivity index (χ2v) is 7.77. The molecule has 0 radical (unpaired) electrons. The third-order valence-corrected chi connectivity index (χ3v) is 6.10. The maximum atomic E-state index is 10.2. The van der Waals surface area contributed by atoms with E-state index in [0.717, 1.165) is 12.0 Å². The number of aliphatic hydroxyl groups excluding tert-OH is 1. The lowest BCUT2D eigenvalue weighted by molar-refractivity contribution is 0.165. The first-order chi connectivity index (χ1) is 7.70. The molecular weight excluding hydrogens is 236 g/mol. The van der Waals surface area contributed by atoms with Crippen molar-refractivity contribution in [3.05, 3.63) is 35.9 Å². The molecule has 1 unspecified atom stereocenters. The van der Waals surface area contributed by atoms with Gasteiger partial charge in [0.2, 0.25) is 0 Å². The lowest BCUT2D eigenvalue weighted by Crippen LogP contribution is -2.23. The predicted molar refractivity (Wildman–Crippen MR) is 74.0 cm³/mol. The fraction of sp³-hybridized carbons (Fsp3) is 0.538. The molecule has 1 aromatic rings. The van der Waals surface area contributed by atoms with Crippen molar-refractivity contribution < 1.29 is 5.11 Å². The zero-order valence-electron chi connectivity index (χ0n) is 9.56. The van der Waals surface area contributed by atoms with Gasteiger partial charge in [0.1, 0.15) is 0 Å². The highest BCUT2D eigenvalue weighted by atomic mass is 32.2. The summed E-state index contributed by atoms with van der Waals surface area (Å²) in [6, 6.07) is 9.98. The van der Waals surface area contributed by atoms with Crippen molar-refractivity contribution in [2.45, 2.75) is 29.9 Å². The van der Waals surface area contributed by atoms with Gasteiger partial charge >= 0.3 is 0 Å². The van der Waals surface area contributed by atoms with Crippen molar-refractivity contribution in [2.24, 2.45) is 0 Å². The molecule has 2 rings (SSSR count). The minimum absolute atomic E-state index is 0.188. The quantitative estimate of drug-likeness (QED) is 0.888. The summed E-state index contributed by atoms with van der Waals surface area (Å²) in [6.07, 6.45) is 1.81. The molecule has 0 aromatic heterocycles. The molecule has 1 atom stereocenters. The molecule has 0 saturated carbocycles. The topological polar surface area (TPSA) is 20.2 Å². The Morgan fingerprint density at radius 2 is 1.88 bits per heavy atom. The summed E-state index contributed by atoms with van der Waals surface area (Å²) in [6.45, 7) is 2.26. The van der Waals surface area contributed by atoms with Gasteiger partial charge in [0.15, 0.2) is 0 Å². The Morgan fingerprint density at radius 1 is 1.25 bits per heavy atom. The van der Waals surface area contributed by atoms with Crippen LogP contribution in [0.25, 0.3) is 0 Å². The van der Waals surface area contributed by atoms with Crippen molar-refractivity contribution in [2.75, 3.05) is 11.5 Å². The van der Waals surface area contributed by atoms with Crippen LogP contribution in [-0.4, -0.2) is 20.7 Å². The summed E-state index contributed by atoms with van der Waals surface area (Å²) in [4.78, 5) is 0. The molecule has 0 amide bonds. The van der Waals surface area contributed by atoms with E-state index < -0.39 is 0 Å². The van der Waals surface area contributed by atoms with E-state index in [2.05, 4.69) is 6.92 Å². The predicted octanol–water partition coefficient (Wildman–Crippen LogP) is 3.70. The average Bonchev–Trinajstić information content (AvgIpc) is 2.30. The second-order valence-electron chi connectivity index (χ2n) is 4.31. The average molecular weight is 254 g/mol. The van der Waals surface area contributed by atoms with E-state index in [-0.39, 0.29) is 10.2 Å². The Labute approximate surface area is 106 Å². The smallest absolute Gasteiger partial charge is 0.0811 e. The van der Waals surface area contributed by atoms with E-state index in [9.17, 15) is 5.11 Å². The normalized spacial score (nSPS) is 21.6. The Morgan fingerprint density at radius 3 is 2.50 bits per heavy atom. The van der Waals surface area contributed by atoms with Gasteiger partial charge in [-0.1, -0.05) is 30.3 Å². The molecular formula is C13H18OS2. The van der Waals surface area contributed by atoms with Crippen LogP contribution in [-0.2, 0) is 0 Å². The molecule has 3 heteroatoms. The Bertz CT molecular complexity index is 320. The SMILES string of the molecule is CC1(CC(O)c2ccccc2)SCCCS1. The zero-order valence-corrected chi connectivity index (χ0v) is 11.2. The van der Waals surface area contributed by atoms with Crippen molar-refractivity contribution in [1.29, 1.82) is 0 Å². The summed E-state index contributed by atoms with van der Waals surface area (Å²) in [5, 5.41) is 10.2. The fourth-order valence-electron chi connectivity index (χ4n) is 1.94. The summed E-state index contributed by atoms with van der Waals surface area (Å²) < 4.78 is 0.188. The monoisotopic (exact) mass is 254 g/mol. The Kier molecular flexibility index (Phi) is 4.22. The lowest BCUT2D eigenvalue weighted by Gasteiger charge is -2.34. The molecule has 1 nitrogen and oxygen atoms in total. The molecule has 0 spiro atoms. The molecule has 0 bridgehead atoms. The molecule has 1 aliphatic rings. The number of thioether (sulfide) groups is 2. The molecule has 1 fully saturated rings. The third kappa shape index (κ3) is 3.19.